The molecule has 0 saturated heterocycles. The normalized spacial score (nSPS) is 8.00. The highest BCUT2D eigenvalue weighted by atomic mass is 32.1. The lowest BCUT2D eigenvalue weighted by Gasteiger charge is -1.67. The Hall–Kier alpha value is -1.06. The van der Waals surface area contributed by atoms with Crippen LogP contribution in [0.4, 0.5) is 5.00 Å². The summed E-state index contributed by atoms with van der Waals surface area (Å²) >= 11 is 1.18. The largest absolute Gasteiger partial charge is 0.201 e. The molecule has 0 amide bonds. The van der Waals surface area contributed by atoms with E-state index in [9.17, 15) is 0 Å². The van der Waals surface area contributed by atoms with E-state index < -0.39 is 0 Å². The Balaban J connectivity index is 2.93. The van der Waals surface area contributed by atoms with Gasteiger partial charge in [0.05, 0.1) is 0 Å². The number of hydrogen-bond donors (Lipinski definition) is 0. The molecular formula is C3H2N4S. The fourth-order valence-corrected chi connectivity index (χ4v) is 0.729. The minimum absolute atomic E-state index is 0.604. The molecule has 1 heterocycles. The van der Waals surface area contributed by atoms with E-state index >= 15 is 0 Å². The maximum Gasteiger partial charge on any atom is 0.111 e. The molecule has 1 aromatic rings. The molecule has 8 heavy (non-hydrogen) atoms. The first-order valence-electron chi connectivity index (χ1n) is 1.89. The monoisotopic (exact) mass is 126 g/mol. The molecule has 0 aliphatic rings. The molecule has 40 valence electrons. The van der Waals surface area contributed by atoms with Crippen LogP contribution in [0, 0.1) is 0 Å². The molecule has 0 saturated carbocycles. The van der Waals surface area contributed by atoms with Crippen LogP contribution in [-0.2, 0) is 0 Å². The fraction of sp³-hybridized carbons (Fsp3) is 0. The van der Waals surface area contributed by atoms with Gasteiger partial charge in [0, 0.05) is 11.1 Å². The van der Waals surface area contributed by atoms with E-state index in [2.05, 4.69) is 14.4 Å². The van der Waals surface area contributed by atoms with Crippen LogP contribution in [-0.4, -0.2) is 4.37 Å². The highest BCUT2D eigenvalue weighted by molar-refractivity contribution is 7.09. The molecule has 1 rings (SSSR count). The third kappa shape index (κ3) is 0.959. The van der Waals surface area contributed by atoms with Gasteiger partial charge in [-0.2, -0.15) is 0 Å². The summed E-state index contributed by atoms with van der Waals surface area (Å²) < 4.78 is 3.72. The van der Waals surface area contributed by atoms with Crippen molar-refractivity contribution in [1.82, 2.24) is 4.37 Å². The maximum absolute atomic E-state index is 7.88. The van der Waals surface area contributed by atoms with Gasteiger partial charge in [0.2, 0.25) is 0 Å². The van der Waals surface area contributed by atoms with E-state index in [-0.39, 0.29) is 0 Å². The Bertz CT molecular complexity index is 197. The maximum atomic E-state index is 7.88. The van der Waals surface area contributed by atoms with Crippen molar-refractivity contribution in [3.05, 3.63) is 22.7 Å². The van der Waals surface area contributed by atoms with Crippen molar-refractivity contribution in [2.24, 2.45) is 5.11 Å². The number of azide groups is 1. The van der Waals surface area contributed by atoms with Gasteiger partial charge >= 0.3 is 0 Å². The molecule has 4 nitrogen and oxygen atoms in total. The summed E-state index contributed by atoms with van der Waals surface area (Å²) in [5, 5.41) is 3.91. The first-order valence-corrected chi connectivity index (χ1v) is 2.66. The molecule has 0 N–H and O–H groups in total. The zero-order valence-corrected chi connectivity index (χ0v) is 4.67. The second-order valence-corrected chi connectivity index (χ2v) is 1.85. The van der Waals surface area contributed by atoms with Crippen LogP contribution in [0.1, 0.15) is 0 Å². The Morgan fingerprint density at radius 2 is 2.75 bits per heavy atom. The van der Waals surface area contributed by atoms with Crippen molar-refractivity contribution in [3.63, 3.8) is 0 Å². The van der Waals surface area contributed by atoms with E-state index in [4.69, 9.17) is 5.53 Å². The zero-order valence-electron chi connectivity index (χ0n) is 3.85. The van der Waals surface area contributed by atoms with Crippen molar-refractivity contribution >= 4 is 16.5 Å². The Labute approximate surface area is 49.6 Å². The first kappa shape index (κ1) is 5.08. The van der Waals surface area contributed by atoms with Gasteiger partial charge in [-0.25, -0.2) is 4.37 Å². The van der Waals surface area contributed by atoms with Crippen molar-refractivity contribution in [2.75, 3.05) is 0 Å². The Morgan fingerprint density at radius 1 is 1.88 bits per heavy atom. The molecule has 0 unspecified atom stereocenters. The van der Waals surface area contributed by atoms with Crippen LogP contribution in [0.5, 0.6) is 0 Å². The highest BCUT2D eigenvalue weighted by Gasteiger charge is 1.83. The van der Waals surface area contributed by atoms with Crippen LogP contribution in [0.15, 0.2) is 17.4 Å². The molecular weight excluding hydrogens is 124 g/mol. The lowest BCUT2D eigenvalue weighted by Crippen LogP contribution is -1.35. The summed E-state index contributed by atoms with van der Waals surface area (Å²) in [5.74, 6) is 0. The zero-order chi connectivity index (χ0) is 5.82. The van der Waals surface area contributed by atoms with Crippen LogP contribution < -0.4 is 0 Å². The van der Waals surface area contributed by atoms with E-state index in [1.165, 1.54) is 11.5 Å². The molecule has 0 aromatic carbocycles. The third-order valence-corrected chi connectivity index (χ3v) is 1.20. The average molecular weight is 126 g/mol. The predicted octanol–water partition coefficient (Wildman–Crippen LogP) is 2.08. The van der Waals surface area contributed by atoms with Gasteiger partial charge in [0.25, 0.3) is 0 Å². The predicted molar refractivity (Wildman–Crippen MR) is 30.9 cm³/mol. The topological polar surface area (TPSA) is 61.7 Å². The van der Waals surface area contributed by atoms with E-state index in [0.29, 0.717) is 5.00 Å². The second-order valence-electron chi connectivity index (χ2n) is 1.04. The van der Waals surface area contributed by atoms with Crippen molar-refractivity contribution < 1.29 is 0 Å². The number of nitrogens with zero attached hydrogens (tertiary/aromatic N) is 4. The van der Waals surface area contributed by atoms with Gasteiger partial charge in [-0.3, -0.25) is 0 Å². The molecule has 0 aliphatic carbocycles. The second kappa shape index (κ2) is 2.30. The molecule has 0 fully saturated rings. The van der Waals surface area contributed by atoms with Gasteiger partial charge in [-0.1, -0.05) is 0 Å². The lowest BCUT2D eigenvalue weighted by atomic mass is 10.7. The Morgan fingerprint density at radius 3 is 3.25 bits per heavy atom. The Kier molecular flexibility index (Phi) is 1.46. The third-order valence-electron chi connectivity index (χ3n) is 0.567. The molecule has 5 heteroatoms. The van der Waals surface area contributed by atoms with E-state index in [1.54, 1.807) is 12.3 Å². The summed E-state index contributed by atoms with van der Waals surface area (Å²) in [6, 6.07) is 1.66. The number of rotatable bonds is 1. The molecule has 0 aliphatic heterocycles. The quantitative estimate of drug-likeness (QED) is 0.323. The van der Waals surface area contributed by atoms with Crippen molar-refractivity contribution in [2.45, 2.75) is 0 Å². The van der Waals surface area contributed by atoms with Crippen molar-refractivity contribution in [1.29, 1.82) is 0 Å². The number of aromatic nitrogens is 1. The smallest absolute Gasteiger partial charge is 0.111 e. The molecule has 0 atom stereocenters. The van der Waals surface area contributed by atoms with Gasteiger partial charge in [0.1, 0.15) is 5.00 Å². The van der Waals surface area contributed by atoms with Crippen LogP contribution >= 0.6 is 11.5 Å². The minimum atomic E-state index is 0.604. The van der Waals surface area contributed by atoms with Crippen molar-refractivity contribution in [3.8, 4) is 0 Å². The average Bonchev–Trinajstić information content (AvgIpc) is 2.19. The van der Waals surface area contributed by atoms with Crippen LogP contribution in [0.2, 0.25) is 0 Å². The standard InChI is InChI=1S/C3H2N4S/c4-7-6-3-1-2-5-8-3/h1-2H. The fourth-order valence-electron chi connectivity index (χ4n) is 0.305. The van der Waals surface area contributed by atoms with Gasteiger partial charge in [0.15, 0.2) is 0 Å². The first-order chi connectivity index (χ1) is 3.93. The van der Waals surface area contributed by atoms with Gasteiger partial charge < -0.3 is 0 Å². The summed E-state index contributed by atoms with van der Waals surface area (Å²) in [7, 11) is 0. The highest BCUT2D eigenvalue weighted by Crippen LogP contribution is 2.14. The van der Waals surface area contributed by atoms with E-state index in [0.717, 1.165) is 0 Å². The van der Waals surface area contributed by atoms with Crippen LogP contribution in [0.25, 0.3) is 10.4 Å². The van der Waals surface area contributed by atoms with Gasteiger partial charge in [-0.15, -0.1) is 0 Å². The molecule has 1 aromatic heterocycles. The van der Waals surface area contributed by atoms with Gasteiger partial charge in [-0.05, 0) is 28.2 Å². The summed E-state index contributed by atoms with van der Waals surface area (Å²) in [6.07, 6.45) is 1.59. The SMILES string of the molecule is [N-]=[N+]=Nc1ccns1. The van der Waals surface area contributed by atoms with Crippen LogP contribution in [0.3, 0.4) is 0 Å². The summed E-state index contributed by atoms with van der Waals surface area (Å²) in [6.45, 7) is 0. The number of hydrogen-bond acceptors (Lipinski definition) is 3. The summed E-state index contributed by atoms with van der Waals surface area (Å²) in [5.41, 5.74) is 7.88. The lowest BCUT2D eigenvalue weighted by molar-refractivity contribution is 1.55. The van der Waals surface area contributed by atoms with E-state index in [1.807, 2.05) is 0 Å². The summed E-state index contributed by atoms with van der Waals surface area (Å²) in [4.78, 5) is 2.57. The minimum Gasteiger partial charge on any atom is -0.201 e. The molecule has 0 spiro atoms. The molecule has 0 radical (unpaired) electrons. The molecule has 0 bridgehead atoms.